The predicted octanol–water partition coefficient (Wildman–Crippen LogP) is 1.41. The lowest BCUT2D eigenvalue weighted by atomic mass is 10.1. The van der Waals surface area contributed by atoms with E-state index >= 15 is 0 Å². The van der Waals surface area contributed by atoms with E-state index in [1.807, 2.05) is 0 Å². The van der Waals surface area contributed by atoms with E-state index in [0.717, 1.165) is 0 Å². The van der Waals surface area contributed by atoms with Crippen molar-refractivity contribution in [2.75, 3.05) is 0 Å². The average molecular weight is 220 g/mol. The van der Waals surface area contributed by atoms with Gasteiger partial charge in [0.25, 0.3) is 0 Å². The number of carbonyl (C=O) groups excluding carboxylic acids is 1. The van der Waals surface area contributed by atoms with E-state index in [9.17, 15) is 9.59 Å². The van der Waals surface area contributed by atoms with Crippen LogP contribution in [0, 0.1) is 0 Å². The summed E-state index contributed by atoms with van der Waals surface area (Å²) < 4.78 is 9.55. The summed E-state index contributed by atoms with van der Waals surface area (Å²) in [7, 11) is 0. The molecule has 82 valence electrons. The standard InChI is InChI=1S/C11H8O5/c1-6-11(15-6)16-10(14)8-5-3-2-4-7(8)9(12)13/h2-5,11H,1H2,(H,12,13). The number of carboxylic acid groups (broad SMARTS) is 1. The molecule has 1 heterocycles. The van der Waals surface area contributed by atoms with E-state index in [0.29, 0.717) is 5.76 Å². The fraction of sp³-hybridized carbons (Fsp3) is 0.0909. The first-order valence-corrected chi connectivity index (χ1v) is 4.48. The van der Waals surface area contributed by atoms with Gasteiger partial charge in [-0.05, 0) is 12.1 Å². The molecule has 1 N–H and O–H groups in total. The van der Waals surface area contributed by atoms with E-state index in [2.05, 4.69) is 6.58 Å². The Morgan fingerprint density at radius 3 is 2.38 bits per heavy atom. The maximum atomic E-state index is 11.6. The summed E-state index contributed by atoms with van der Waals surface area (Å²) >= 11 is 0. The van der Waals surface area contributed by atoms with E-state index < -0.39 is 18.2 Å². The monoisotopic (exact) mass is 220 g/mol. The molecule has 1 aliphatic rings. The van der Waals surface area contributed by atoms with E-state index in [1.54, 1.807) is 6.07 Å². The molecule has 16 heavy (non-hydrogen) atoms. The number of aromatic carboxylic acids is 1. The normalized spacial score (nSPS) is 17.5. The lowest BCUT2D eigenvalue weighted by Gasteiger charge is -2.03. The zero-order valence-electron chi connectivity index (χ0n) is 8.17. The van der Waals surface area contributed by atoms with Gasteiger partial charge in [-0.2, -0.15) is 0 Å². The average Bonchev–Trinajstić information content (AvgIpc) is 2.94. The molecule has 1 saturated heterocycles. The number of hydrogen-bond acceptors (Lipinski definition) is 4. The number of epoxide rings is 1. The molecule has 2 rings (SSSR count). The number of hydrogen-bond donors (Lipinski definition) is 1. The molecule has 0 amide bonds. The SMILES string of the molecule is C=C1OC1OC(=O)c1ccccc1C(=O)O. The van der Waals surface area contributed by atoms with Crippen molar-refractivity contribution in [2.24, 2.45) is 0 Å². The highest BCUT2D eigenvalue weighted by Gasteiger charge is 2.35. The van der Waals surface area contributed by atoms with Crippen LogP contribution in [0.3, 0.4) is 0 Å². The predicted molar refractivity (Wildman–Crippen MR) is 52.8 cm³/mol. The van der Waals surface area contributed by atoms with Gasteiger partial charge < -0.3 is 14.6 Å². The van der Waals surface area contributed by atoms with Crippen LogP contribution in [-0.4, -0.2) is 23.3 Å². The van der Waals surface area contributed by atoms with Crippen molar-refractivity contribution in [3.8, 4) is 0 Å². The van der Waals surface area contributed by atoms with Gasteiger partial charge in [-0.3, -0.25) is 0 Å². The Hall–Kier alpha value is -2.30. The van der Waals surface area contributed by atoms with Crippen LogP contribution >= 0.6 is 0 Å². The maximum absolute atomic E-state index is 11.6. The summed E-state index contributed by atoms with van der Waals surface area (Å²) in [6.45, 7) is 3.44. The molecule has 5 heteroatoms. The molecule has 0 aromatic heterocycles. The Morgan fingerprint density at radius 1 is 1.31 bits per heavy atom. The van der Waals surface area contributed by atoms with Crippen molar-refractivity contribution in [3.63, 3.8) is 0 Å². The van der Waals surface area contributed by atoms with Gasteiger partial charge in [0.2, 0.25) is 0 Å². The Kier molecular flexibility index (Phi) is 2.36. The molecule has 1 atom stereocenters. The minimum Gasteiger partial charge on any atom is -0.478 e. The van der Waals surface area contributed by atoms with Gasteiger partial charge in [0, 0.05) is 0 Å². The van der Waals surface area contributed by atoms with Gasteiger partial charge in [-0.1, -0.05) is 18.7 Å². The Labute approximate surface area is 90.9 Å². The van der Waals surface area contributed by atoms with Crippen molar-refractivity contribution in [1.29, 1.82) is 0 Å². The largest absolute Gasteiger partial charge is 0.478 e. The van der Waals surface area contributed by atoms with Crippen molar-refractivity contribution >= 4 is 11.9 Å². The zero-order valence-corrected chi connectivity index (χ0v) is 8.17. The summed E-state index contributed by atoms with van der Waals surface area (Å²) in [5.74, 6) is -1.55. The first-order chi connectivity index (χ1) is 7.59. The Morgan fingerprint density at radius 2 is 1.88 bits per heavy atom. The molecule has 5 nitrogen and oxygen atoms in total. The molecule has 0 bridgehead atoms. The second-order valence-electron chi connectivity index (χ2n) is 3.17. The molecular formula is C11H8O5. The minimum atomic E-state index is -1.18. The third-order valence-corrected chi connectivity index (χ3v) is 2.06. The number of esters is 1. The molecule has 1 aromatic carbocycles. The van der Waals surface area contributed by atoms with E-state index in [1.165, 1.54) is 18.2 Å². The highest BCUT2D eigenvalue weighted by molar-refractivity contribution is 6.02. The van der Waals surface area contributed by atoms with Crippen molar-refractivity contribution < 1.29 is 24.2 Å². The Balaban J connectivity index is 2.22. The van der Waals surface area contributed by atoms with Crippen LogP contribution in [0.25, 0.3) is 0 Å². The van der Waals surface area contributed by atoms with Crippen LogP contribution in [0.15, 0.2) is 36.6 Å². The third-order valence-electron chi connectivity index (χ3n) is 2.06. The summed E-state index contributed by atoms with van der Waals surface area (Å²) in [6.07, 6.45) is -0.741. The molecule has 0 radical (unpaired) electrons. The van der Waals surface area contributed by atoms with Crippen LogP contribution < -0.4 is 0 Å². The lowest BCUT2D eigenvalue weighted by Crippen LogP contribution is -2.12. The van der Waals surface area contributed by atoms with Gasteiger partial charge in [-0.25, -0.2) is 9.59 Å². The van der Waals surface area contributed by atoms with Gasteiger partial charge in [-0.15, -0.1) is 0 Å². The third kappa shape index (κ3) is 1.88. The molecule has 1 unspecified atom stereocenters. The zero-order chi connectivity index (χ0) is 11.7. The molecule has 0 saturated carbocycles. The fourth-order valence-corrected chi connectivity index (χ4v) is 1.20. The second kappa shape index (κ2) is 3.69. The van der Waals surface area contributed by atoms with Crippen LogP contribution in [0.5, 0.6) is 0 Å². The smallest absolute Gasteiger partial charge is 0.342 e. The molecule has 1 aromatic rings. The molecule has 1 fully saturated rings. The molecule has 0 spiro atoms. The van der Waals surface area contributed by atoms with Gasteiger partial charge in [0.15, 0.2) is 5.76 Å². The summed E-state index contributed by atoms with van der Waals surface area (Å²) in [4.78, 5) is 22.4. The Bertz CT molecular complexity index is 477. The van der Waals surface area contributed by atoms with Crippen molar-refractivity contribution in [2.45, 2.75) is 6.29 Å². The van der Waals surface area contributed by atoms with Crippen molar-refractivity contribution in [1.82, 2.24) is 0 Å². The summed E-state index contributed by atoms with van der Waals surface area (Å²) in [6, 6.07) is 5.82. The quantitative estimate of drug-likeness (QED) is 0.615. The number of rotatable bonds is 3. The number of carboxylic acids is 1. The fourth-order valence-electron chi connectivity index (χ4n) is 1.20. The second-order valence-corrected chi connectivity index (χ2v) is 3.17. The lowest BCUT2D eigenvalue weighted by molar-refractivity contribution is 0.0292. The van der Waals surface area contributed by atoms with Crippen LogP contribution in [0.4, 0.5) is 0 Å². The van der Waals surface area contributed by atoms with Gasteiger partial charge >= 0.3 is 18.2 Å². The number of benzene rings is 1. The van der Waals surface area contributed by atoms with Gasteiger partial charge in [0.1, 0.15) is 0 Å². The van der Waals surface area contributed by atoms with E-state index in [-0.39, 0.29) is 11.1 Å². The van der Waals surface area contributed by atoms with E-state index in [4.69, 9.17) is 14.6 Å². The molecular weight excluding hydrogens is 212 g/mol. The number of carbonyl (C=O) groups is 2. The maximum Gasteiger partial charge on any atom is 0.342 e. The van der Waals surface area contributed by atoms with Crippen LogP contribution in [-0.2, 0) is 9.47 Å². The van der Waals surface area contributed by atoms with Crippen molar-refractivity contribution in [3.05, 3.63) is 47.7 Å². The topological polar surface area (TPSA) is 76.1 Å². The highest BCUT2D eigenvalue weighted by Crippen LogP contribution is 2.27. The van der Waals surface area contributed by atoms with Crippen LogP contribution in [0.1, 0.15) is 20.7 Å². The summed E-state index contributed by atoms with van der Waals surface area (Å²) in [5.41, 5.74) is -0.0999. The first-order valence-electron chi connectivity index (χ1n) is 4.48. The molecule has 1 aliphatic heterocycles. The van der Waals surface area contributed by atoms with Gasteiger partial charge in [0.05, 0.1) is 11.1 Å². The van der Waals surface area contributed by atoms with Crippen LogP contribution in [0.2, 0.25) is 0 Å². The first kappa shape index (κ1) is 10.2. The molecule has 0 aliphatic carbocycles. The highest BCUT2D eigenvalue weighted by atomic mass is 16.8. The summed E-state index contributed by atoms with van der Waals surface area (Å²) in [5, 5.41) is 8.86. The minimum absolute atomic E-state index is 0.00157. The number of ether oxygens (including phenoxy) is 2.